The van der Waals surface area contributed by atoms with Crippen molar-refractivity contribution >= 4 is 5.91 Å². The Morgan fingerprint density at radius 1 is 1.27 bits per heavy atom. The van der Waals surface area contributed by atoms with Crippen LogP contribution in [0.25, 0.3) is 11.4 Å². The number of carbonyl (C=O) groups is 1. The number of hydrogen-bond donors (Lipinski definition) is 0. The van der Waals surface area contributed by atoms with Crippen LogP contribution in [0.5, 0.6) is 5.75 Å². The van der Waals surface area contributed by atoms with Gasteiger partial charge in [-0.3, -0.25) is 9.78 Å². The van der Waals surface area contributed by atoms with E-state index in [0.717, 1.165) is 16.9 Å². The number of amides is 1. The van der Waals surface area contributed by atoms with Gasteiger partial charge < -0.3 is 14.2 Å². The van der Waals surface area contributed by atoms with Crippen molar-refractivity contribution in [3.05, 3.63) is 60.2 Å². The molecule has 132 valence electrons. The second kappa shape index (κ2) is 6.95. The Kier molecular flexibility index (Phi) is 4.35. The summed E-state index contributed by atoms with van der Waals surface area (Å²) in [5, 5.41) is 3.95. The lowest BCUT2D eigenvalue weighted by atomic mass is 9.95. The molecule has 2 aromatic heterocycles. The Balaban J connectivity index is 1.42. The molecule has 0 saturated heterocycles. The van der Waals surface area contributed by atoms with Crippen molar-refractivity contribution in [2.75, 3.05) is 13.7 Å². The zero-order chi connectivity index (χ0) is 17.9. The molecule has 4 rings (SSSR count). The van der Waals surface area contributed by atoms with Gasteiger partial charge in [-0.25, -0.2) is 0 Å². The van der Waals surface area contributed by atoms with Crippen LogP contribution in [-0.2, 0) is 17.8 Å². The molecule has 1 aliphatic rings. The van der Waals surface area contributed by atoms with Gasteiger partial charge in [-0.15, -0.1) is 0 Å². The van der Waals surface area contributed by atoms with Crippen LogP contribution in [-0.4, -0.2) is 39.6 Å². The van der Waals surface area contributed by atoms with Gasteiger partial charge in [0.15, 0.2) is 0 Å². The molecular formula is C19H18N4O3. The highest BCUT2D eigenvalue weighted by molar-refractivity contribution is 5.79. The van der Waals surface area contributed by atoms with Gasteiger partial charge in [0.05, 0.1) is 12.5 Å². The van der Waals surface area contributed by atoms with Crippen LogP contribution in [0.15, 0.2) is 53.3 Å². The monoisotopic (exact) mass is 350 g/mol. The average molecular weight is 350 g/mol. The van der Waals surface area contributed by atoms with E-state index >= 15 is 0 Å². The molecule has 0 fully saturated rings. The van der Waals surface area contributed by atoms with E-state index in [2.05, 4.69) is 15.1 Å². The third-order valence-electron chi connectivity index (χ3n) is 4.36. The third kappa shape index (κ3) is 3.28. The van der Waals surface area contributed by atoms with E-state index < -0.39 is 0 Å². The maximum absolute atomic E-state index is 12.7. The minimum absolute atomic E-state index is 0.000584. The van der Waals surface area contributed by atoms with Crippen molar-refractivity contribution in [2.45, 2.75) is 13.0 Å². The summed E-state index contributed by atoms with van der Waals surface area (Å²) in [7, 11) is 1.73. The van der Waals surface area contributed by atoms with Crippen molar-refractivity contribution in [2.24, 2.45) is 5.92 Å². The van der Waals surface area contributed by atoms with Crippen LogP contribution in [0, 0.1) is 5.92 Å². The molecule has 1 amide bonds. The molecule has 1 aromatic carbocycles. The molecule has 1 aliphatic heterocycles. The smallest absolute Gasteiger partial charge is 0.246 e. The summed E-state index contributed by atoms with van der Waals surface area (Å²) in [5.74, 6) is 1.49. The van der Waals surface area contributed by atoms with E-state index in [9.17, 15) is 4.79 Å². The van der Waals surface area contributed by atoms with Crippen LogP contribution in [0.4, 0.5) is 0 Å². The molecular weight excluding hydrogens is 332 g/mol. The summed E-state index contributed by atoms with van der Waals surface area (Å²) < 4.78 is 11.0. The second-order valence-electron chi connectivity index (χ2n) is 6.27. The quantitative estimate of drug-likeness (QED) is 0.718. The topological polar surface area (TPSA) is 81.4 Å². The molecule has 7 heteroatoms. The largest absolute Gasteiger partial charge is 0.492 e. The fourth-order valence-corrected chi connectivity index (χ4v) is 3.01. The Morgan fingerprint density at radius 3 is 3.00 bits per heavy atom. The molecule has 3 heterocycles. The van der Waals surface area contributed by atoms with Crippen LogP contribution < -0.4 is 4.74 Å². The number of pyridine rings is 1. The number of carbonyl (C=O) groups excluding carboxylic acids is 1. The molecule has 1 atom stereocenters. The maximum atomic E-state index is 12.7. The van der Waals surface area contributed by atoms with E-state index in [0.29, 0.717) is 24.7 Å². The van der Waals surface area contributed by atoms with E-state index in [-0.39, 0.29) is 18.4 Å². The molecule has 0 bridgehead atoms. The fraction of sp³-hybridized carbons (Fsp3) is 0.263. The van der Waals surface area contributed by atoms with Gasteiger partial charge in [0.2, 0.25) is 17.6 Å². The fourth-order valence-electron chi connectivity index (χ4n) is 3.01. The molecule has 3 aromatic rings. The summed E-state index contributed by atoms with van der Waals surface area (Å²) in [6.45, 7) is 0.634. The van der Waals surface area contributed by atoms with Gasteiger partial charge in [-0.1, -0.05) is 23.4 Å². The van der Waals surface area contributed by atoms with E-state index in [1.807, 2.05) is 36.4 Å². The van der Waals surface area contributed by atoms with Crippen molar-refractivity contribution in [1.82, 2.24) is 20.0 Å². The van der Waals surface area contributed by atoms with Gasteiger partial charge in [0.1, 0.15) is 12.4 Å². The number of ether oxygens (including phenoxy) is 1. The van der Waals surface area contributed by atoms with Gasteiger partial charge >= 0.3 is 0 Å². The Morgan fingerprint density at radius 2 is 2.15 bits per heavy atom. The number of nitrogens with zero attached hydrogens (tertiary/aromatic N) is 4. The highest BCUT2D eigenvalue weighted by Crippen LogP contribution is 2.27. The molecule has 0 spiro atoms. The van der Waals surface area contributed by atoms with Crippen LogP contribution in [0.3, 0.4) is 0 Å². The van der Waals surface area contributed by atoms with Gasteiger partial charge in [-0.05, 0) is 30.2 Å². The number of rotatable bonds is 4. The molecule has 1 unspecified atom stereocenters. The zero-order valence-corrected chi connectivity index (χ0v) is 14.3. The number of para-hydroxylation sites is 1. The van der Waals surface area contributed by atoms with Crippen molar-refractivity contribution in [1.29, 1.82) is 0 Å². The normalized spacial score (nSPS) is 15.8. The first-order valence-electron chi connectivity index (χ1n) is 8.39. The molecule has 0 N–H and O–H groups in total. The SMILES string of the molecule is CN(Cc1nc(-c2cccnc2)no1)C(=O)C1COc2ccccc2C1. The molecule has 26 heavy (non-hydrogen) atoms. The number of fused-ring (bicyclic) bond motifs is 1. The lowest BCUT2D eigenvalue weighted by Gasteiger charge is -2.27. The van der Waals surface area contributed by atoms with E-state index in [1.54, 1.807) is 24.3 Å². The number of aromatic nitrogens is 3. The third-order valence-corrected chi connectivity index (χ3v) is 4.36. The van der Waals surface area contributed by atoms with Crippen LogP contribution >= 0.6 is 0 Å². The zero-order valence-electron chi connectivity index (χ0n) is 14.3. The first-order valence-corrected chi connectivity index (χ1v) is 8.39. The average Bonchev–Trinajstić information content (AvgIpc) is 3.16. The van der Waals surface area contributed by atoms with Crippen LogP contribution in [0.1, 0.15) is 11.5 Å². The molecule has 0 radical (unpaired) electrons. The minimum Gasteiger partial charge on any atom is -0.492 e. The standard InChI is InChI=1S/C19H18N4O3/c1-23(11-17-21-18(22-26-17)14-6-4-8-20-10-14)19(24)15-9-13-5-2-3-7-16(13)25-12-15/h2-8,10,15H,9,11-12H2,1H3. The Bertz CT molecular complexity index is 910. The highest BCUT2D eigenvalue weighted by Gasteiger charge is 2.28. The van der Waals surface area contributed by atoms with E-state index in [4.69, 9.17) is 9.26 Å². The number of hydrogen-bond acceptors (Lipinski definition) is 6. The summed E-state index contributed by atoms with van der Waals surface area (Å²) in [6, 6.07) is 11.5. The summed E-state index contributed by atoms with van der Waals surface area (Å²) >= 11 is 0. The summed E-state index contributed by atoms with van der Waals surface area (Å²) in [5.41, 5.74) is 1.83. The molecule has 7 nitrogen and oxygen atoms in total. The Hall–Kier alpha value is -3.22. The van der Waals surface area contributed by atoms with Crippen molar-refractivity contribution in [3.63, 3.8) is 0 Å². The summed E-state index contributed by atoms with van der Waals surface area (Å²) in [4.78, 5) is 22.7. The predicted molar refractivity (Wildman–Crippen MR) is 93.1 cm³/mol. The van der Waals surface area contributed by atoms with Crippen LogP contribution in [0.2, 0.25) is 0 Å². The lowest BCUT2D eigenvalue weighted by Crippen LogP contribution is -2.38. The van der Waals surface area contributed by atoms with Gasteiger partial charge in [0.25, 0.3) is 0 Å². The molecule has 0 saturated carbocycles. The van der Waals surface area contributed by atoms with Gasteiger partial charge in [0, 0.05) is 25.0 Å². The maximum Gasteiger partial charge on any atom is 0.246 e. The highest BCUT2D eigenvalue weighted by atomic mass is 16.5. The van der Waals surface area contributed by atoms with E-state index in [1.165, 1.54) is 0 Å². The van der Waals surface area contributed by atoms with Crippen molar-refractivity contribution in [3.8, 4) is 17.1 Å². The number of benzene rings is 1. The minimum atomic E-state index is -0.212. The van der Waals surface area contributed by atoms with Gasteiger partial charge in [-0.2, -0.15) is 4.98 Å². The first kappa shape index (κ1) is 16.3. The second-order valence-corrected chi connectivity index (χ2v) is 6.27. The molecule has 0 aliphatic carbocycles. The Labute approximate surface area is 150 Å². The lowest BCUT2D eigenvalue weighted by molar-refractivity contribution is -0.136. The summed E-state index contributed by atoms with van der Waals surface area (Å²) in [6.07, 6.45) is 4.02. The van der Waals surface area contributed by atoms with Crippen molar-refractivity contribution < 1.29 is 14.1 Å². The predicted octanol–water partition coefficient (Wildman–Crippen LogP) is 2.34. The first-order chi connectivity index (χ1) is 12.7.